The summed E-state index contributed by atoms with van der Waals surface area (Å²) in [5.74, 6) is 0.326. The summed E-state index contributed by atoms with van der Waals surface area (Å²) in [6.45, 7) is 2.15. The van der Waals surface area contributed by atoms with Crippen LogP contribution in [0, 0.1) is 5.82 Å². The summed E-state index contributed by atoms with van der Waals surface area (Å²) in [5, 5.41) is 10.6. The number of para-hydroxylation sites is 1. The zero-order chi connectivity index (χ0) is 23.3. The van der Waals surface area contributed by atoms with Gasteiger partial charge in [-0.3, -0.25) is 4.79 Å². The molecule has 1 aliphatic heterocycles. The molecule has 2 aromatic rings. The van der Waals surface area contributed by atoms with Crippen LogP contribution in [0.25, 0.3) is 5.57 Å². The SMILES string of the molecule is CCOC(=O)CCC[C@H](O)/C=C/C1=C(c2ccc(F)cc2)c2ccccc2OC12CCCC2. The third-order valence-corrected chi connectivity index (χ3v) is 6.44. The Bertz CT molecular complexity index is 1030. The highest BCUT2D eigenvalue weighted by Gasteiger charge is 2.44. The Morgan fingerprint density at radius 2 is 1.91 bits per heavy atom. The number of esters is 1. The van der Waals surface area contributed by atoms with Crippen LogP contribution in [0.15, 0.2) is 66.3 Å². The van der Waals surface area contributed by atoms with Crippen molar-refractivity contribution >= 4 is 11.5 Å². The van der Waals surface area contributed by atoms with E-state index in [1.165, 1.54) is 12.1 Å². The number of hydrogen-bond donors (Lipinski definition) is 1. The lowest BCUT2D eigenvalue weighted by molar-refractivity contribution is -0.143. The fraction of sp³-hybridized carbons (Fsp3) is 0.393. The highest BCUT2D eigenvalue weighted by molar-refractivity contribution is 5.89. The van der Waals surface area contributed by atoms with Crippen LogP contribution in [-0.2, 0) is 9.53 Å². The van der Waals surface area contributed by atoms with Crippen LogP contribution in [0.2, 0.25) is 0 Å². The molecule has 0 aromatic heterocycles. The second-order valence-corrected chi connectivity index (χ2v) is 8.72. The molecule has 2 aliphatic rings. The summed E-state index contributed by atoms with van der Waals surface area (Å²) in [6, 6.07) is 14.5. The first-order valence-electron chi connectivity index (χ1n) is 11.8. The number of aliphatic hydroxyl groups is 1. The topological polar surface area (TPSA) is 55.8 Å². The number of carbonyl (C=O) groups is 1. The van der Waals surface area contributed by atoms with Gasteiger partial charge in [0.1, 0.15) is 17.2 Å². The molecular formula is C28H31FO4. The minimum Gasteiger partial charge on any atom is -0.482 e. The van der Waals surface area contributed by atoms with E-state index < -0.39 is 11.7 Å². The molecule has 0 unspecified atom stereocenters. The van der Waals surface area contributed by atoms with E-state index in [1.807, 2.05) is 30.3 Å². The number of fused-ring (bicyclic) bond motifs is 1. The van der Waals surface area contributed by atoms with Gasteiger partial charge in [-0.05, 0) is 74.8 Å². The minimum absolute atomic E-state index is 0.239. The number of halogens is 1. The zero-order valence-electron chi connectivity index (χ0n) is 19.1. The van der Waals surface area contributed by atoms with E-state index in [0.29, 0.717) is 25.9 Å². The molecule has 0 saturated heterocycles. The van der Waals surface area contributed by atoms with Gasteiger partial charge in [0, 0.05) is 17.6 Å². The van der Waals surface area contributed by atoms with Crippen LogP contribution < -0.4 is 4.74 Å². The molecule has 4 rings (SSSR count). The van der Waals surface area contributed by atoms with Gasteiger partial charge in [0.2, 0.25) is 0 Å². The van der Waals surface area contributed by atoms with Gasteiger partial charge in [-0.2, -0.15) is 0 Å². The van der Waals surface area contributed by atoms with Gasteiger partial charge in [-0.15, -0.1) is 0 Å². The molecule has 1 heterocycles. The van der Waals surface area contributed by atoms with E-state index in [9.17, 15) is 14.3 Å². The first-order valence-corrected chi connectivity index (χ1v) is 11.8. The van der Waals surface area contributed by atoms with Gasteiger partial charge < -0.3 is 14.6 Å². The number of carbonyl (C=O) groups excluding carboxylic acids is 1. The number of ether oxygens (including phenoxy) is 2. The number of hydrogen-bond acceptors (Lipinski definition) is 4. The molecule has 5 heteroatoms. The van der Waals surface area contributed by atoms with E-state index in [0.717, 1.165) is 53.7 Å². The van der Waals surface area contributed by atoms with E-state index in [4.69, 9.17) is 9.47 Å². The summed E-state index contributed by atoms with van der Waals surface area (Å²) < 4.78 is 25.3. The van der Waals surface area contributed by atoms with Crippen molar-refractivity contribution in [3.8, 4) is 5.75 Å². The third kappa shape index (κ3) is 5.19. The van der Waals surface area contributed by atoms with E-state index in [1.54, 1.807) is 25.1 Å². The number of aliphatic hydroxyl groups excluding tert-OH is 1. The van der Waals surface area contributed by atoms with Crippen molar-refractivity contribution in [3.05, 3.63) is 83.2 Å². The Labute approximate surface area is 194 Å². The highest BCUT2D eigenvalue weighted by atomic mass is 19.1. The van der Waals surface area contributed by atoms with Gasteiger partial charge in [0.15, 0.2) is 0 Å². The van der Waals surface area contributed by atoms with Crippen molar-refractivity contribution in [1.29, 1.82) is 0 Å². The fourth-order valence-electron chi connectivity index (χ4n) is 4.87. The summed E-state index contributed by atoms with van der Waals surface area (Å²) in [6.07, 6.45) is 8.33. The quantitative estimate of drug-likeness (QED) is 0.503. The van der Waals surface area contributed by atoms with Gasteiger partial charge in [0.05, 0.1) is 12.7 Å². The molecule has 0 bridgehead atoms. The van der Waals surface area contributed by atoms with Crippen LogP contribution >= 0.6 is 0 Å². The lowest BCUT2D eigenvalue weighted by Crippen LogP contribution is -2.38. The van der Waals surface area contributed by atoms with E-state index >= 15 is 0 Å². The summed E-state index contributed by atoms with van der Waals surface area (Å²) in [5.41, 5.74) is 3.48. The standard InChI is InChI=1S/C28H31FO4/c1-2-32-26(31)11-7-8-22(30)16-17-24-27(20-12-14-21(29)15-13-20)23-9-3-4-10-25(23)33-28(24)18-5-6-19-28/h3-4,9-10,12-17,22,30H,2,5-8,11,18-19H2,1H3/b17-16+/t22-/m0/s1. The maximum Gasteiger partial charge on any atom is 0.305 e. The molecule has 0 amide bonds. The van der Waals surface area contributed by atoms with Crippen molar-refractivity contribution in [1.82, 2.24) is 0 Å². The van der Waals surface area contributed by atoms with Crippen LogP contribution in [0.5, 0.6) is 5.75 Å². The van der Waals surface area contributed by atoms with Crippen molar-refractivity contribution in [2.24, 2.45) is 0 Å². The molecule has 1 aliphatic carbocycles. The molecule has 1 saturated carbocycles. The Morgan fingerprint density at radius 3 is 2.64 bits per heavy atom. The molecule has 1 spiro atoms. The van der Waals surface area contributed by atoms with Gasteiger partial charge in [0.25, 0.3) is 0 Å². The third-order valence-electron chi connectivity index (χ3n) is 6.44. The molecule has 1 fully saturated rings. The second kappa shape index (κ2) is 10.3. The van der Waals surface area contributed by atoms with E-state index in [-0.39, 0.29) is 11.8 Å². The van der Waals surface area contributed by atoms with Crippen LogP contribution in [0.3, 0.4) is 0 Å². The zero-order valence-corrected chi connectivity index (χ0v) is 19.1. The van der Waals surface area contributed by atoms with Crippen LogP contribution in [0.1, 0.15) is 63.0 Å². The largest absolute Gasteiger partial charge is 0.482 e. The Kier molecular flexibility index (Phi) is 7.29. The highest BCUT2D eigenvalue weighted by Crippen LogP contribution is 2.50. The van der Waals surface area contributed by atoms with Crippen LogP contribution in [-0.4, -0.2) is 29.4 Å². The van der Waals surface area contributed by atoms with E-state index in [2.05, 4.69) is 0 Å². The van der Waals surface area contributed by atoms with Crippen molar-refractivity contribution in [2.45, 2.75) is 63.6 Å². The van der Waals surface area contributed by atoms with Crippen molar-refractivity contribution in [3.63, 3.8) is 0 Å². The second-order valence-electron chi connectivity index (χ2n) is 8.72. The molecule has 4 nitrogen and oxygen atoms in total. The average molecular weight is 451 g/mol. The predicted octanol–water partition coefficient (Wildman–Crippen LogP) is 5.98. The maximum atomic E-state index is 13.7. The van der Waals surface area contributed by atoms with Gasteiger partial charge in [-0.1, -0.05) is 42.5 Å². The summed E-state index contributed by atoms with van der Waals surface area (Å²) in [7, 11) is 0. The Morgan fingerprint density at radius 1 is 1.18 bits per heavy atom. The monoisotopic (exact) mass is 450 g/mol. The lowest BCUT2D eigenvalue weighted by Gasteiger charge is -2.39. The summed E-state index contributed by atoms with van der Waals surface area (Å²) >= 11 is 0. The average Bonchev–Trinajstić information content (AvgIpc) is 3.27. The molecule has 2 aromatic carbocycles. The first-order chi connectivity index (χ1) is 16.0. The number of benzene rings is 2. The molecule has 174 valence electrons. The lowest BCUT2D eigenvalue weighted by atomic mass is 9.79. The Balaban J connectivity index is 1.69. The maximum absolute atomic E-state index is 13.7. The first kappa shape index (κ1) is 23.2. The molecule has 1 N–H and O–H groups in total. The molecular weight excluding hydrogens is 419 g/mol. The van der Waals surface area contributed by atoms with Gasteiger partial charge >= 0.3 is 5.97 Å². The molecule has 0 radical (unpaired) electrons. The summed E-state index contributed by atoms with van der Waals surface area (Å²) in [4.78, 5) is 11.6. The smallest absolute Gasteiger partial charge is 0.305 e. The molecule has 1 atom stereocenters. The normalized spacial score (nSPS) is 17.8. The van der Waals surface area contributed by atoms with Crippen molar-refractivity contribution < 1.29 is 23.8 Å². The number of rotatable bonds is 8. The van der Waals surface area contributed by atoms with Crippen LogP contribution in [0.4, 0.5) is 4.39 Å². The minimum atomic E-state index is -0.683. The predicted molar refractivity (Wildman–Crippen MR) is 126 cm³/mol. The van der Waals surface area contributed by atoms with Gasteiger partial charge in [-0.25, -0.2) is 4.39 Å². The van der Waals surface area contributed by atoms with Crippen molar-refractivity contribution in [2.75, 3.05) is 6.61 Å². The molecule has 33 heavy (non-hydrogen) atoms. The fourth-order valence-corrected chi connectivity index (χ4v) is 4.87. The Hall–Kier alpha value is -2.92.